The van der Waals surface area contributed by atoms with E-state index in [9.17, 15) is 4.79 Å². The highest BCUT2D eigenvalue weighted by atomic mass is 16.5. The van der Waals surface area contributed by atoms with Gasteiger partial charge >= 0.3 is 5.97 Å². The molecule has 2 unspecified atom stereocenters. The van der Waals surface area contributed by atoms with Crippen LogP contribution in [0.4, 0.5) is 0 Å². The van der Waals surface area contributed by atoms with Crippen LogP contribution in [0.25, 0.3) is 0 Å². The van der Waals surface area contributed by atoms with Gasteiger partial charge in [0.05, 0.1) is 6.61 Å². The molecule has 15 heavy (non-hydrogen) atoms. The highest BCUT2D eigenvalue weighted by Gasteiger charge is 2.36. The standard InChI is InChI=1S/C11H22N2O2/c1-4-15-11(14)8(2)13(3)10(7-12)9-5-6-9/h8-10H,4-7,12H2,1-3H3. The summed E-state index contributed by atoms with van der Waals surface area (Å²) in [6.07, 6.45) is 2.48. The molecule has 1 rings (SSSR count). The van der Waals surface area contributed by atoms with Gasteiger partial charge in [-0.2, -0.15) is 0 Å². The first-order valence-electron chi connectivity index (χ1n) is 5.70. The Morgan fingerprint density at radius 1 is 1.60 bits per heavy atom. The molecule has 1 fully saturated rings. The lowest BCUT2D eigenvalue weighted by Gasteiger charge is -2.31. The van der Waals surface area contributed by atoms with Gasteiger partial charge in [-0.15, -0.1) is 0 Å². The van der Waals surface area contributed by atoms with Crippen LogP contribution in [0, 0.1) is 5.92 Å². The molecule has 0 aromatic carbocycles. The van der Waals surface area contributed by atoms with Gasteiger partial charge in [-0.3, -0.25) is 9.69 Å². The molecule has 0 spiro atoms. The summed E-state index contributed by atoms with van der Waals surface area (Å²) in [7, 11) is 1.96. The number of rotatable bonds is 6. The Labute approximate surface area is 91.8 Å². The van der Waals surface area contributed by atoms with Gasteiger partial charge in [-0.25, -0.2) is 0 Å². The van der Waals surface area contributed by atoms with Crippen LogP contribution >= 0.6 is 0 Å². The molecule has 1 aliphatic carbocycles. The summed E-state index contributed by atoms with van der Waals surface area (Å²) in [5.74, 6) is 0.524. The minimum Gasteiger partial charge on any atom is -0.465 e. The second kappa shape index (κ2) is 5.47. The Kier molecular flexibility index (Phi) is 4.54. The zero-order valence-electron chi connectivity index (χ0n) is 9.90. The van der Waals surface area contributed by atoms with Crippen molar-refractivity contribution in [1.82, 2.24) is 4.90 Å². The van der Waals surface area contributed by atoms with Crippen LogP contribution in [0.3, 0.4) is 0 Å². The van der Waals surface area contributed by atoms with Crippen molar-refractivity contribution in [3.05, 3.63) is 0 Å². The third-order valence-corrected chi connectivity index (χ3v) is 3.17. The lowest BCUT2D eigenvalue weighted by atomic mass is 10.1. The molecule has 1 aliphatic rings. The molecule has 0 saturated heterocycles. The fourth-order valence-electron chi connectivity index (χ4n) is 1.89. The van der Waals surface area contributed by atoms with E-state index in [0.29, 0.717) is 25.1 Å². The van der Waals surface area contributed by atoms with Crippen molar-refractivity contribution in [3.63, 3.8) is 0 Å². The molecule has 88 valence electrons. The number of ether oxygens (including phenoxy) is 1. The first-order valence-corrected chi connectivity index (χ1v) is 5.70. The molecule has 1 saturated carbocycles. The van der Waals surface area contributed by atoms with E-state index in [0.717, 1.165) is 0 Å². The van der Waals surface area contributed by atoms with E-state index in [4.69, 9.17) is 10.5 Å². The summed E-state index contributed by atoms with van der Waals surface area (Å²) >= 11 is 0. The number of carbonyl (C=O) groups excluding carboxylic acids is 1. The summed E-state index contributed by atoms with van der Waals surface area (Å²) < 4.78 is 5.00. The quantitative estimate of drug-likeness (QED) is 0.658. The van der Waals surface area contributed by atoms with Gasteiger partial charge in [0.25, 0.3) is 0 Å². The van der Waals surface area contributed by atoms with E-state index in [1.807, 2.05) is 20.9 Å². The van der Waals surface area contributed by atoms with Crippen molar-refractivity contribution in [2.75, 3.05) is 20.2 Å². The van der Waals surface area contributed by atoms with Gasteiger partial charge in [0.15, 0.2) is 0 Å². The first kappa shape index (κ1) is 12.5. The molecule has 2 N–H and O–H groups in total. The van der Waals surface area contributed by atoms with E-state index in [2.05, 4.69) is 4.90 Å². The van der Waals surface area contributed by atoms with Gasteiger partial charge in [0.1, 0.15) is 6.04 Å². The highest BCUT2D eigenvalue weighted by molar-refractivity contribution is 5.75. The summed E-state index contributed by atoms with van der Waals surface area (Å²) in [4.78, 5) is 13.6. The smallest absolute Gasteiger partial charge is 0.323 e. The normalized spacial score (nSPS) is 20.1. The van der Waals surface area contributed by atoms with Gasteiger partial charge in [-0.05, 0) is 39.7 Å². The number of nitrogens with zero attached hydrogens (tertiary/aromatic N) is 1. The summed E-state index contributed by atoms with van der Waals surface area (Å²) in [6, 6.07) is 0.128. The van der Waals surface area contributed by atoms with E-state index in [-0.39, 0.29) is 12.0 Å². The first-order chi connectivity index (χ1) is 7.11. The van der Waals surface area contributed by atoms with Crippen LogP contribution in [0.2, 0.25) is 0 Å². The third-order valence-electron chi connectivity index (χ3n) is 3.17. The van der Waals surface area contributed by atoms with Crippen molar-refractivity contribution in [3.8, 4) is 0 Å². The molecular formula is C11H22N2O2. The minimum absolute atomic E-state index is 0.154. The van der Waals surface area contributed by atoms with Crippen LogP contribution in [-0.2, 0) is 9.53 Å². The average molecular weight is 214 g/mol. The van der Waals surface area contributed by atoms with Gasteiger partial charge < -0.3 is 10.5 Å². The zero-order chi connectivity index (χ0) is 11.4. The van der Waals surface area contributed by atoms with E-state index >= 15 is 0 Å². The van der Waals surface area contributed by atoms with Crippen molar-refractivity contribution in [1.29, 1.82) is 0 Å². The fourth-order valence-corrected chi connectivity index (χ4v) is 1.89. The monoisotopic (exact) mass is 214 g/mol. The summed E-state index contributed by atoms with van der Waals surface area (Å²) in [6.45, 7) is 4.76. The maximum atomic E-state index is 11.5. The lowest BCUT2D eigenvalue weighted by Crippen LogP contribution is -2.48. The molecular weight excluding hydrogens is 192 g/mol. The predicted octanol–water partition coefficient (Wildman–Crippen LogP) is 0.607. The van der Waals surface area contributed by atoms with Crippen molar-refractivity contribution < 1.29 is 9.53 Å². The number of carbonyl (C=O) groups is 1. The molecule has 0 aliphatic heterocycles. The van der Waals surface area contributed by atoms with E-state index in [1.165, 1.54) is 12.8 Å². The Balaban J connectivity index is 2.48. The van der Waals surface area contributed by atoms with Crippen molar-refractivity contribution in [2.24, 2.45) is 11.7 Å². The number of hydrogen-bond donors (Lipinski definition) is 1. The molecule has 0 aromatic rings. The number of nitrogens with two attached hydrogens (primary N) is 1. The lowest BCUT2D eigenvalue weighted by molar-refractivity contribution is -0.149. The average Bonchev–Trinajstić information content (AvgIpc) is 3.02. The van der Waals surface area contributed by atoms with Gasteiger partial charge in [0.2, 0.25) is 0 Å². The van der Waals surface area contributed by atoms with Crippen molar-refractivity contribution >= 4 is 5.97 Å². The maximum absolute atomic E-state index is 11.5. The topological polar surface area (TPSA) is 55.6 Å². The summed E-state index contributed by atoms with van der Waals surface area (Å²) in [5, 5.41) is 0. The van der Waals surface area contributed by atoms with Crippen molar-refractivity contribution in [2.45, 2.75) is 38.8 Å². The minimum atomic E-state index is -0.195. The Morgan fingerprint density at radius 3 is 2.60 bits per heavy atom. The van der Waals surface area contributed by atoms with Gasteiger partial charge in [-0.1, -0.05) is 0 Å². The van der Waals surface area contributed by atoms with Crippen LogP contribution in [0.1, 0.15) is 26.7 Å². The molecule has 0 aromatic heterocycles. The zero-order valence-corrected chi connectivity index (χ0v) is 9.90. The molecule has 2 atom stereocenters. The van der Waals surface area contributed by atoms with Crippen LogP contribution in [0.15, 0.2) is 0 Å². The second-order valence-electron chi connectivity index (χ2n) is 4.23. The maximum Gasteiger partial charge on any atom is 0.323 e. The van der Waals surface area contributed by atoms with Crippen LogP contribution < -0.4 is 5.73 Å². The molecule has 0 bridgehead atoms. The molecule has 0 radical (unpaired) electrons. The third kappa shape index (κ3) is 3.18. The largest absolute Gasteiger partial charge is 0.465 e. The van der Waals surface area contributed by atoms with Gasteiger partial charge in [0, 0.05) is 12.6 Å². The van der Waals surface area contributed by atoms with E-state index in [1.54, 1.807) is 0 Å². The molecule has 0 amide bonds. The molecule has 4 nitrogen and oxygen atoms in total. The Morgan fingerprint density at radius 2 is 2.20 bits per heavy atom. The molecule has 4 heteroatoms. The fraction of sp³-hybridized carbons (Fsp3) is 0.909. The number of likely N-dealkylation sites (N-methyl/N-ethyl adjacent to an activating group) is 1. The Bertz CT molecular complexity index is 217. The van der Waals surface area contributed by atoms with Crippen LogP contribution in [-0.4, -0.2) is 43.2 Å². The second-order valence-corrected chi connectivity index (χ2v) is 4.23. The van der Waals surface area contributed by atoms with E-state index < -0.39 is 0 Å². The SMILES string of the molecule is CCOC(=O)C(C)N(C)C(CN)C1CC1. The highest BCUT2D eigenvalue weighted by Crippen LogP contribution is 2.35. The Hall–Kier alpha value is -0.610. The number of hydrogen-bond acceptors (Lipinski definition) is 4. The molecule has 0 heterocycles. The predicted molar refractivity (Wildman–Crippen MR) is 59.4 cm³/mol. The summed E-state index contributed by atoms with van der Waals surface area (Å²) in [5.41, 5.74) is 5.73. The van der Waals surface area contributed by atoms with Crippen LogP contribution in [0.5, 0.6) is 0 Å². The number of esters is 1.